The highest BCUT2D eigenvalue weighted by molar-refractivity contribution is 7.71. The quantitative estimate of drug-likeness (QED) is 0.577. The van der Waals surface area contributed by atoms with Crippen LogP contribution < -0.4 is 14.8 Å². The molecule has 1 aromatic heterocycles. The third-order valence-electron chi connectivity index (χ3n) is 4.64. The number of benzene rings is 2. The average Bonchev–Trinajstić information content (AvgIpc) is 3.08. The summed E-state index contributed by atoms with van der Waals surface area (Å²) >= 11 is 5.32. The van der Waals surface area contributed by atoms with Gasteiger partial charge in [0.25, 0.3) is 0 Å². The number of rotatable bonds is 7. The van der Waals surface area contributed by atoms with Gasteiger partial charge in [-0.25, -0.2) is 0 Å². The number of hydrogen-bond acceptors (Lipinski definition) is 5. The number of aryl methyl sites for hydroxylation is 1. The van der Waals surface area contributed by atoms with Gasteiger partial charge < -0.3 is 14.8 Å². The first kappa shape index (κ1) is 20.6. The fourth-order valence-electron chi connectivity index (χ4n) is 3.13. The van der Waals surface area contributed by atoms with Gasteiger partial charge in [-0.1, -0.05) is 17.7 Å². The van der Waals surface area contributed by atoms with Crippen molar-refractivity contribution in [2.45, 2.75) is 26.4 Å². The maximum atomic E-state index is 12.7. The van der Waals surface area contributed by atoms with E-state index in [1.54, 1.807) is 18.8 Å². The van der Waals surface area contributed by atoms with E-state index in [0.29, 0.717) is 10.6 Å². The number of ether oxygens (including phenoxy) is 2. The number of amides is 1. The molecule has 7 nitrogen and oxygen atoms in total. The van der Waals surface area contributed by atoms with E-state index >= 15 is 0 Å². The SMILES string of the molecule is COc1ccc(-c2n[nH]c(=S)n2CC(=O)N[C@@H](C)c2cc(C)ccc2OC)cc1. The number of methoxy groups -OCH3 is 2. The Kier molecular flexibility index (Phi) is 6.33. The lowest BCUT2D eigenvalue weighted by Crippen LogP contribution is -2.30. The Hall–Kier alpha value is -3.13. The van der Waals surface area contributed by atoms with E-state index < -0.39 is 0 Å². The minimum atomic E-state index is -0.220. The number of carbonyl (C=O) groups is 1. The molecule has 1 amide bonds. The van der Waals surface area contributed by atoms with E-state index in [-0.39, 0.29) is 18.5 Å². The van der Waals surface area contributed by atoms with E-state index in [2.05, 4.69) is 15.5 Å². The molecule has 0 fully saturated rings. The van der Waals surface area contributed by atoms with Gasteiger partial charge >= 0.3 is 0 Å². The van der Waals surface area contributed by atoms with Crippen LogP contribution in [0.25, 0.3) is 11.4 Å². The second kappa shape index (κ2) is 8.91. The van der Waals surface area contributed by atoms with Crippen LogP contribution in [0.15, 0.2) is 42.5 Å². The number of hydrogen-bond donors (Lipinski definition) is 2. The standard InChI is InChI=1S/C21H24N4O3S/c1-13-5-10-18(28-4)17(11-13)14(2)22-19(26)12-25-20(23-24-21(25)29)15-6-8-16(27-3)9-7-15/h5-11,14H,12H2,1-4H3,(H,22,26)(H,24,29)/t14-/m0/s1. The minimum Gasteiger partial charge on any atom is -0.497 e. The summed E-state index contributed by atoms with van der Waals surface area (Å²) in [7, 11) is 3.23. The molecule has 0 bridgehead atoms. The molecule has 1 atom stereocenters. The molecule has 29 heavy (non-hydrogen) atoms. The van der Waals surface area contributed by atoms with Crippen molar-refractivity contribution in [2.24, 2.45) is 0 Å². The van der Waals surface area contributed by atoms with E-state index in [1.807, 2.05) is 56.3 Å². The maximum absolute atomic E-state index is 12.7. The number of aromatic nitrogens is 3. The van der Waals surface area contributed by atoms with Crippen molar-refractivity contribution in [3.8, 4) is 22.9 Å². The van der Waals surface area contributed by atoms with Crippen molar-refractivity contribution in [1.29, 1.82) is 0 Å². The molecule has 0 saturated carbocycles. The molecule has 0 aliphatic rings. The molecule has 0 aliphatic carbocycles. The van der Waals surface area contributed by atoms with Crippen LogP contribution in [-0.2, 0) is 11.3 Å². The minimum absolute atomic E-state index is 0.0508. The summed E-state index contributed by atoms with van der Waals surface area (Å²) in [6.07, 6.45) is 0. The fourth-order valence-corrected chi connectivity index (χ4v) is 3.32. The molecular formula is C21H24N4O3S. The average molecular weight is 413 g/mol. The van der Waals surface area contributed by atoms with Crippen LogP contribution in [0.4, 0.5) is 0 Å². The fraction of sp³-hybridized carbons (Fsp3) is 0.286. The highest BCUT2D eigenvalue weighted by atomic mass is 32.1. The number of nitrogens with zero attached hydrogens (tertiary/aromatic N) is 2. The Labute approximate surface area is 174 Å². The molecule has 0 radical (unpaired) electrons. The van der Waals surface area contributed by atoms with E-state index in [4.69, 9.17) is 21.7 Å². The van der Waals surface area contributed by atoms with Crippen LogP contribution in [0, 0.1) is 11.7 Å². The zero-order valence-electron chi connectivity index (χ0n) is 16.9. The lowest BCUT2D eigenvalue weighted by atomic mass is 10.0. The zero-order chi connectivity index (χ0) is 21.0. The first-order chi connectivity index (χ1) is 13.9. The van der Waals surface area contributed by atoms with Crippen molar-refractivity contribution in [2.75, 3.05) is 14.2 Å². The Morgan fingerprint density at radius 2 is 1.93 bits per heavy atom. The van der Waals surface area contributed by atoms with Crippen molar-refractivity contribution in [3.05, 3.63) is 58.4 Å². The van der Waals surface area contributed by atoms with Gasteiger partial charge in [0.15, 0.2) is 10.6 Å². The Morgan fingerprint density at radius 1 is 1.21 bits per heavy atom. The number of H-pyrrole nitrogens is 1. The summed E-state index contributed by atoms with van der Waals surface area (Å²) in [6, 6.07) is 13.1. The Morgan fingerprint density at radius 3 is 2.59 bits per heavy atom. The van der Waals surface area contributed by atoms with Crippen molar-refractivity contribution >= 4 is 18.1 Å². The van der Waals surface area contributed by atoms with Gasteiger partial charge in [-0.05, 0) is 56.4 Å². The first-order valence-electron chi connectivity index (χ1n) is 9.16. The second-order valence-corrected chi connectivity index (χ2v) is 7.09. The highest BCUT2D eigenvalue weighted by Crippen LogP contribution is 2.26. The second-order valence-electron chi connectivity index (χ2n) is 6.70. The molecule has 0 aliphatic heterocycles. The Balaban J connectivity index is 1.78. The summed E-state index contributed by atoms with van der Waals surface area (Å²) in [5.41, 5.74) is 2.85. The van der Waals surface area contributed by atoms with Gasteiger partial charge in [0, 0.05) is 11.1 Å². The van der Waals surface area contributed by atoms with Gasteiger partial charge in [0.2, 0.25) is 5.91 Å². The number of aromatic amines is 1. The largest absolute Gasteiger partial charge is 0.497 e. The van der Waals surface area contributed by atoms with Crippen LogP contribution in [-0.4, -0.2) is 34.9 Å². The van der Waals surface area contributed by atoms with Crippen LogP contribution >= 0.6 is 12.2 Å². The summed E-state index contributed by atoms with van der Waals surface area (Å²) in [6.45, 7) is 3.98. The smallest absolute Gasteiger partial charge is 0.240 e. The van der Waals surface area contributed by atoms with E-state index in [9.17, 15) is 4.79 Å². The molecule has 0 saturated heterocycles. The van der Waals surface area contributed by atoms with E-state index in [1.165, 1.54) is 0 Å². The topological polar surface area (TPSA) is 81.2 Å². The molecule has 3 rings (SSSR count). The lowest BCUT2D eigenvalue weighted by Gasteiger charge is -2.18. The van der Waals surface area contributed by atoms with Crippen LogP contribution in [0.3, 0.4) is 0 Å². The van der Waals surface area contributed by atoms with Gasteiger partial charge in [0.1, 0.15) is 18.0 Å². The third kappa shape index (κ3) is 4.65. The third-order valence-corrected chi connectivity index (χ3v) is 4.95. The van der Waals surface area contributed by atoms with Gasteiger partial charge in [0.05, 0.1) is 20.3 Å². The van der Waals surface area contributed by atoms with Gasteiger partial charge in [-0.2, -0.15) is 5.10 Å². The van der Waals surface area contributed by atoms with Crippen LogP contribution in [0.5, 0.6) is 11.5 Å². The molecule has 2 N–H and O–H groups in total. The van der Waals surface area contributed by atoms with Crippen molar-refractivity contribution in [3.63, 3.8) is 0 Å². The van der Waals surface area contributed by atoms with Gasteiger partial charge in [-0.3, -0.25) is 14.5 Å². The highest BCUT2D eigenvalue weighted by Gasteiger charge is 2.17. The van der Waals surface area contributed by atoms with E-state index in [0.717, 1.165) is 28.2 Å². The van der Waals surface area contributed by atoms with Crippen LogP contribution in [0.1, 0.15) is 24.1 Å². The maximum Gasteiger partial charge on any atom is 0.240 e. The van der Waals surface area contributed by atoms with Crippen molar-refractivity contribution in [1.82, 2.24) is 20.1 Å². The molecule has 0 spiro atoms. The normalized spacial score (nSPS) is 11.7. The zero-order valence-corrected chi connectivity index (χ0v) is 17.7. The molecule has 1 heterocycles. The predicted octanol–water partition coefficient (Wildman–Crippen LogP) is 3.81. The molecule has 8 heteroatoms. The summed E-state index contributed by atoms with van der Waals surface area (Å²) in [5.74, 6) is 1.90. The molecule has 2 aromatic carbocycles. The lowest BCUT2D eigenvalue weighted by molar-refractivity contribution is -0.122. The summed E-state index contributed by atoms with van der Waals surface area (Å²) < 4.78 is 12.7. The first-order valence-corrected chi connectivity index (χ1v) is 9.57. The van der Waals surface area contributed by atoms with Gasteiger partial charge in [-0.15, -0.1) is 0 Å². The molecule has 152 valence electrons. The van der Waals surface area contributed by atoms with Crippen LogP contribution in [0.2, 0.25) is 0 Å². The molecular weight excluding hydrogens is 388 g/mol. The Bertz CT molecular complexity index is 1060. The summed E-state index contributed by atoms with van der Waals surface area (Å²) in [4.78, 5) is 12.7. The van der Waals surface area contributed by atoms with Crippen molar-refractivity contribution < 1.29 is 14.3 Å². The monoisotopic (exact) mass is 412 g/mol. The number of nitrogens with one attached hydrogen (secondary N) is 2. The summed E-state index contributed by atoms with van der Waals surface area (Å²) in [5, 5.41) is 10.1. The molecule has 3 aromatic rings. The predicted molar refractivity (Wildman–Crippen MR) is 114 cm³/mol. The molecule has 0 unspecified atom stereocenters. The number of carbonyl (C=O) groups excluding carboxylic acids is 1.